The van der Waals surface area contributed by atoms with Crippen LogP contribution in [0.3, 0.4) is 0 Å². The summed E-state index contributed by atoms with van der Waals surface area (Å²) in [6, 6.07) is 9.37. The van der Waals surface area contributed by atoms with Crippen molar-refractivity contribution in [2.24, 2.45) is 0 Å². The molecule has 1 heterocycles. The minimum absolute atomic E-state index is 0.167. The van der Waals surface area contributed by atoms with Gasteiger partial charge in [-0.3, -0.25) is 24.3 Å². The van der Waals surface area contributed by atoms with Crippen molar-refractivity contribution >= 4 is 28.5 Å². The number of carbonyl (C=O) groups excluding carboxylic acids is 2. The van der Waals surface area contributed by atoms with Gasteiger partial charge in [-0.1, -0.05) is 18.2 Å². The molecular formula is C18H11F3N2O5. The molecule has 2 aromatic carbocycles. The number of carbonyl (C=O) groups is 2. The van der Waals surface area contributed by atoms with Crippen LogP contribution in [0, 0.1) is 10.1 Å². The van der Waals surface area contributed by atoms with E-state index in [-0.39, 0.29) is 11.1 Å². The molecule has 0 amide bonds. The molecule has 0 spiro atoms. The fourth-order valence-electron chi connectivity index (χ4n) is 2.84. The number of ether oxygens (including phenoxy) is 1. The van der Waals surface area contributed by atoms with Crippen molar-refractivity contribution in [3.8, 4) is 5.75 Å². The number of rotatable bonds is 3. The molecule has 0 radical (unpaired) electrons. The van der Waals surface area contributed by atoms with E-state index in [4.69, 9.17) is 4.74 Å². The molecule has 0 unspecified atom stereocenters. The van der Waals surface area contributed by atoms with E-state index in [0.717, 1.165) is 23.8 Å². The Bertz CT molecular complexity index is 1100. The first kappa shape index (κ1) is 19.1. The normalized spacial score (nSPS) is 11.4. The Morgan fingerprint density at radius 1 is 1.11 bits per heavy atom. The van der Waals surface area contributed by atoms with Gasteiger partial charge in [0.25, 0.3) is 11.6 Å². The lowest BCUT2D eigenvalue weighted by molar-refractivity contribution is -0.387. The van der Waals surface area contributed by atoms with Crippen LogP contribution in [0.15, 0.2) is 48.7 Å². The molecule has 3 rings (SSSR count). The molecule has 144 valence electrons. The number of aromatic nitrogens is 1. The second kappa shape index (κ2) is 6.80. The van der Waals surface area contributed by atoms with Crippen molar-refractivity contribution in [1.29, 1.82) is 0 Å². The molecule has 0 aliphatic rings. The molecule has 0 N–H and O–H groups in total. The number of nitrogens with zero attached hydrogens (tertiary/aromatic N) is 2. The zero-order valence-corrected chi connectivity index (χ0v) is 14.2. The van der Waals surface area contributed by atoms with Gasteiger partial charge in [-0.25, -0.2) is 0 Å². The third-order valence-corrected chi connectivity index (χ3v) is 3.89. The fraction of sp³-hybridized carbons (Fsp3) is 0.111. The van der Waals surface area contributed by atoms with Gasteiger partial charge in [0.1, 0.15) is 5.56 Å². The number of fused-ring (bicyclic) bond motifs is 1. The van der Waals surface area contributed by atoms with E-state index >= 15 is 0 Å². The summed E-state index contributed by atoms with van der Waals surface area (Å²) in [5.41, 5.74) is -2.91. The van der Waals surface area contributed by atoms with Gasteiger partial charge in [-0.15, -0.1) is 0 Å². The first-order valence-electron chi connectivity index (χ1n) is 7.79. The maximum absolute atomic E-state index is 13.7. The second-order valence-corrected chi connectivity index (χ2v) is 5.74. The van der Waals surface area contributed by atoms with Crippen molar-refractivity contribution in [3.63, 3.8) is 0 Å². The molecule has 0 bridgehead atoms. The Morgan fingerprint density at radius 3 is 2.29 bits per heavy atom. The Labute approximate surface area is 155 Å². The van der Waals surface area contributed by atoms with Crippen LogP contribution in [-0.2, 0) is 11.0 Å². The Hall–Kier alpha value is -3.69. The Balaban J connectivity index is 2.39. The molecule has 10 heteroatoms. The number of hydrogen-bond acceptors (Lipinski definition) is 5. The van der Waals surface area contributed by atoms with Crippen molar-refractivity contribution in [3.05, 3.63) is 69.9 Å². The van der Waals surface area contributed by atoms with E-state index in [1.807, 2.05) is 0 Å². The van der Waals surface area contributed by atoms with Crippen molar-refractivity contribution in [2.45, 2.75) is 13.1 Å². The van der Waals surface area contributed by atoms with Crippen LogP contribution in [-0.4, -0.2) is 21.4 Å². The maximum Gasteiger partial charge on any atom is 0.423 e. The molecule has 7 nitrogen and oxygen atoms in total. The topological polar surface area (TPSA) is 91.4 Å². The van der Waals surface area contributed by atoms with Crippen LogP contribution in [0.25, 0.3) is 10.9 Å². The zero-order valence-electron chi connectivity index (χ0n) is 14.2. The highest BCUT2D eigenvalue weighted by atomic mass is 19.4. The van der Waals surface area contributed by atoms with E-state index in [1.54, 1.807) is 18.2 Å². The van der Waals surface area contributed by atoms with Crippen LogP contribution >= 0.6 is 0 Å². The predicted molar refractivity (Wildman–Crippen MR) is 91.1 cm³/mol. The molecule has 0 saturated heterocycles. The van der Waals surface area contributed by atoms with E-state index in [2.05, 4.69) is 0 Å². The van der Waals surface area contributed by atoms with Gasteiger partial charge < -0.3 is 4.74 Å². The molecule has 0 aliphatic heterocycles. The summed E-state index contributed by atoms with van der Waals surface area (Å²) in [6.45, 7) is 0.965. The number of alkyl halides is 3. The van der Waals surface area contributed by atoms with Gasteiger partial charge in [0.05, 0.1) is 22.0 Å². The predicted octanol–water partition coefficient (Wildman–Crippen LogP) is 4.18. The van der Waals surface area contributed by atoms with Gasteiger partial charge in [-0.2, -0.15) is 13.2 Å². The first-order valence-corrected chi connectivity index (χ1v) is 7.79. The largest absolute Gasteiger partial charge is 0.424 e. The number of hydrogen-bond donors (Lipinski definition) is 0. The molecule has 0 aliphatic carbocycles. The number of benzene rings is 2. The van der Waals surface area contributed by atoms with Crippen LogP contribution < -0.4 is 4.74 Å². The number of nitro groups is 1. The molecule has 1 aromatic heterocycles. The van der Waals surface area contributed by atoms with Gasteiger partial charge >= 0.3 is 12.1 Å². The standard InChI is InChI=1S/C18H11F3N2O5/c1-10(24)28-14-9-22(17(25)11-5-3-2-4-6-11)12-7-8-13(23(26)27)16(15(12)14)18(19,20)21/h2-9H,1H3. The van der Waals surface area contributed by atoms with E-state index in [1.165, 1.54) is 12.1 Å². The number of halogens is 3. The fourth-order valence-corrected chi connectivity index (χ4v) is 2.84. The van der Waals surface area contributed by atoms with Crippen LogP contribution in [0.4, 0.5) is 18.9 Å². The van der Waals surface area contributed by atoms with E-state index < -0.39 is 45.4 Å². The average molecular weight is 392 g/mol. The lowest BCUT2D eigenvalue weighted by Gasteiger charge is -2.11. The Kier molecular flexibility index (Phi) is 4.63. The van der Waals surface area contributed by atoms with Gasteiger partial charge in [-0.05, 0) is 18.2 Å². The van der Waals surface area contributed by atoms with Gasteiger partial charge in [0.15, 0.2) is 5.75 Å². The first-order chi connectivity index (χ1) is 13.1. The quantitative estimate of drug-likeness (QED) is 0.379. The van der Waals surface area contributed by atoms with Crippen LogP contribution in [0.1, 0.15) is 22.8 Å². The highest BCUT2D eigenvalue weighted by Gasteiger charge is 2.42. The molecule has 28 heavy (non-hydrogen) atoms. The zero-order chi connectivity index (χ0) is 20.6. The van der Waals surface area contributed by atoms with E-state index in [9.17, 15) is 32.9 Å². The number of nitro benzene ring substituents is 1. The minimum atomic E-state index is -5.13. The monoisotopic (exact) mass is 392 g/mol. The summed E-state index contributed by atoms with van der Waals surface area (Å²) in [4.78, 5) is 34.0. The molecule has 0 atom stereocenters. The molecular weight excluding hydrogens is 381 g/mol. The van der Waals surface area contributed by atoms with Crippen molar-refractivity contribution in [1.82, 2.24) is 4.57 Å². The Morgan fingerprint density at radius 2 is 1.75 bits per heavy atom. The van der Waals surface area contributed by atoms with Crippen LogP contribution in [0.2, 0.25) is 0 Å². The lowest BCUT2D eigenvalue weighted by Crippen LogP contribution is -2.12. The summed E-state index contributed by atoms with van der Waals surface area (Å²) in [7, 11) is 0. The third kappa shape index (κ3) is 3.31. The summed E-state index contributed by atoms with van der Waals surface area (Å²) in [5, 5.41) is 10.4. The second-order valence-electron chi connectivity index (χ2n) is 5.74. The number of esters is 1. The average Bonchev–Trinajstić information content (AvgIpc) is 2.98. The summed E-state index contributed by atoms with van der Waals surface area (Å²) in [6.07, 6.45) is -4.21. The third-order valence-electron chi connectivity index (χ3n) is 3.89. The highest BCUT2D eigenvalue weighted by molar-refractivity contribution is 6.06. The maximum atomic E-state index is 13.7. The molecule has 0 saturated carbocycles. The summed E-state index contributed by atoms with van der Waals surface area (Å²) >= 11 is 0. The van der Waals surface area contributed by atoms with Gasteiger partial charge in [0, 0.05) is 18.6 Å². The van der Waals surface area contributed by atoms with Crippen molar-refractivity contribution < 1.29 is 32.4 Å². The summed E-state index contributed by atoms with van der Waals surface area (Å²) < 4.78 is 46.6. The molecule has 3 aromatic rings. The lowest BCUT2D eigenvalue weighted by atomic mass is 10.1. The minimum Gasteiger partial charge on any atom is -0.424 e. The van der Waals surface area contributed by atoms with Crippen molar-refractivity contribution in [2.75, 3.05) is 0 Å². The smallest absolute Gasteiger partial charge is 0.423 e. The SMILES string of the molecule is CC(=O)Oc1cn(C(=O)c2ccccc2)c2ccc([N+](=O)[O-])c(C(F)(F)F)c12. The van der Waals surface area contributed by atoms with E-state index in [0.29, 0.717) is 6.07 Å². The molecule has 0 fully saturated rings. The highest BCUT2D eigenvalue weighted by Crippen LogP contribution is 2.45. The van der Waals surface area contributed by atoms with Gasteiger partial charge in [0.2, 0.25) is 0 Å². The van der Waals surface area contributed by atoms with Crippen LogP contribution in [0.5, 0.6) is 5.75 Å². The summed E-state index contributed by atoms with van der Waals surface area (Å²) in [5.74, 6) is -2.22.